The van der Waals surface area contributed by atoms with Crippen LogP contribution in [0.5, 0.6) is 0 Å². The Morgan fingerprint density at radius 2 is 1.88 bits per heavy atom. The largest absolute Gasteiger partial charge is 0.477 e. The summed E-state index contributed by atoms with van der Waals surface area (Å²) in [5.41, 5.74) is 0.151. The first-order chi connectivity index (χ1) is 15.1. The van der Waals surface area contributed by atoms with Gasteiger partial charge in [-0.1, -0.05) is 35.6 Å². The molecule has 0 atom stereocenters. The van der Waals surface area contributed by atoms with Gasteiger partial charge in [-0.05, 0) is 43.5 Å². The highest BCUT2D eigenvalue weighted by molar-refractivity contribution is 7.18. The summed E-state index contributed by atoms with van der Waals surface area (Å²) in [7, 11) is 0. The minimum atomic E-state index is -4.66. The molecule has 4 rings (SSSR count). The molecule has 1 heterocycles. The molecule has 2 aromatic carbocycles. The van der Waals surface area contributed by atoms with Gasteiger partial charge in [-0.3, -0.25) is 4.79 Å². The molecular weight excluding hydrogens is 443 g/mol. The van der Waals surface area contributed by atoms with Crippen molar-refractivity contribution in [3.63, 3.8) is 0 Å². The Morgan fingerprint density at radius 3 is 2.53 bits per heavy atom. The maximum atomic E-state index is 13.5. The number of benzene rings is 2. The lowest BCUT2D eigenvalue weighted by atomic mass is 10.0. The fraction of sp³-hybridized carbons (Fsp3) is 0.227. The number of carboxylic acids is 1. The number of alkyl halides is 3. The van der Waals surface area contributed by atoms with Crippen LogP contribution in [0.15, 0.2) is 42.5 Å². The summed E-state index contributed by atoms with van der Waals surface area (Å²) in [5, 5.41) is 15.5. The van der Waals surface area contributed by atoms with Crippen molar-refractivity contribution < 1.29 is 27.9 Å². The van der Waals surface area contributed by atoms with Crippen molar-refractivity contribution in [1.29, 1.82) is 0 Å². The van der Waals surface area contributed by atoms with E-state index < -0.39 is 17.7 Å². The van der Waals surface area contributed by atoms with Gasteiger partial charge in [0.05, 0.1) is 11.3 Å². The van der Waals surface area contributed by atoms with E-state index in [4.69, 9.17) is 0 Å². The zero-order chi connectivity index (χ0) is 23.0. The average Bonchev–Trinajstić information content (AvgIpc) is 3.44. The van der Waals surface area contributed by atoms with Gasteiger partial charge in [-0.15, -0.1) is 0 Å². The third kappa shape index (κ3) is 4.59. The van der Waals surface area contributed by atoms with Gasteiger partial charge in [-0.25, -0.2) is 9.78 Å². The molecule has 10 heteroatoms. The van der Waals surface area contributed by atoms with Crippen LogP contribution in [0, 0.1) is 6.92 Å². The van der Waals surface area contributed by atoms with E-state index in [1.807, 2.05) is 0 Å². The summed E-state index contributed by atoms with van der Waals surface area (Å²) in [6.45, 7) is 1.79. The molecule has 0 aliphatic heterocycles. The van der Waals surface area contributed by atoms with E-state index in [-0.39, 0.29) is 33.2 Å². The second-order valence-corrected chi connectivity index (χ2v) is 8.45. The molecule has 166 valence electrons. The van der Waals surface area contributed by atoms with Crippen molar-refractivity contribution in [3.8, 4) is 11.3 Å². The number of amides is 1. The molecule has 1 aliphatic rings. The summed E-state index contributed by atoms with van der Waals surface area (Å²) < 4.78 is 40.4. The van der Waals surface area contributed by atoms with E-state index in [2.05, 4.69) is 15.6 Å². The maximum Gasteiger partial charge on any atom is 0.417 e. The minimum absolute atomic E-state index is 0.109. The van der Waals surface area contributed by atoms with E-state index >= 15 is 0 Å². The highest BCUT2D eigenvalue weighted by atomic mass is 32.1. The van der Waals surface area contributed by atoms with Crippen LogP contribution >= 0.6 is 11.3 Å². The summed E-state index contributed by atoms with van der Waals surface area (Å²) in [5.74, 6) is -1.60. The number of carboxylic acid groups (broad SMARTS) is 1. The minimum Gasteiger partial charge on any atom is -0.477 e. The molecule has 32 heavy (non-hydrogen) atoms. The van der Waals surface area contributed by atoms with Crippen LogP contribution in [0.4, 0.5) is 24.0 Å². The summed E-state index contributed by atoms with van der Waals surface area (Å²) in [6.07, 6.45) is -2.77. The summed E-state index contributed by atoms with van der Waals surface area (Å²) >= 11 is 0.731. The van der Waals surface area contributed by atoms with Crippen molar-refractivity contribution in [1.82, 2.24) is 10.3 Å². The zero-order valence-electron chi connectivity index (χ0n) is 16.8. The van der Waals surface area contributed by atoms with Gasteiger partial charge < -0.3 is 15.7 Å². The number of carbonyl (C=O) groups excluding carboxylic acids is 1. The first kappa shape index (κ1) is 21.8. The number of thiazole rings is 1. The lowest BCUT2D eigenvalue weighted by Crippen LogP contribution is -2.25. The quantitative estimate of drug-likeness (QED) is 0.453. The van der Waals surface area contributed by atoms with Crippen LogP contribution < -0.4 is 10.6 Å². The SMILES string of the molecule is Cc1ccc(C(=O)NC2CC2)cc1Nc1nc(-c2ccccc2C(F)(F)F)c(C(=O)O)s1. The maximum absolute atomic E-state index is 13.5. The number of anilines is 2. The van der Waals surface area contributed by atoms with E-state index in [0.717, 1.165) is 35.8 Å². The molecule has 0 radical (unpaired) electrons. The number of nitrogens with one attached hydrogen (secondary N) is 2. The Morgan fingerprint density at radius 1 is 1.16 bits per heavy atom. The summed E-state index contributed by atoms with van der Waals surface area (Å²) in [6, 6.07) is 9.92. The zero-order valence-corrected chi connectivity index (χ0v) is 17.6. The van der Waals surface area contributed by atoms with Crippen molar-refractivity contribution in [2.24, 2.45) is 0 Å². The van der Waals surface area contributed by atoms with Gasteiger partial charge in [0.15, 0.2) is 5.13 Å². The monoisotopic (exact) mass is 461 g/mol. The Hall–Kier alpha value is -3.40. The van der Waals surface area contributed by atoms with Gasteiger partial charge in [0.2, 0.25) is 0 Å². The number of hydrogen-bond donors (Lipinski definition) is 3. The van der Waals surface area contributed by atoms with Crippen molar-refractivity contribution in [2.75, 3.05) is 5.32 Å². The van der Waals surface area contributed by atoms with E-state index in [1.54, 1.807) is 25.1 Å². The number of rotatable bonds is 6. The first-order valence-electron chi connectivity index (χ1n) is 9.72. The van der Waals surface area contributed by atoms with E-state index in [1.165, 1.54) is 18.2 Å². The number of nitrogens with zero attached hydrogens (tertiary/aromatic N) is 1. The Balaban J connectivity index is 1.70. The molecular formula is C22H18F3N3O3S. The molecule has 3 aromatic rings. The predicted molar refractivity (Wildman–Crippen MR) is 114 cm³/mol. The van der Waals surface area contributed by atoms with Gasteiger partial charge in [-0.2, -0.15) is 13.2 Å². The molecule has 1 aromatic heterocycles. The molecule has 0 saturated heterocycles. The number of aromatic nitrogens is 1. The van der Waals surface area contributed by atoms with Crippen LogP contribution in [0.25, 0.3) is 11.3 Å². The second kappa shape index (κ2) is 8.27. The topological polar surface area (TPSA) is 91.3 Å². The molecule has 1 amide bonds. The number of halogens is 3. The van der Waals surface area contributed by atoms with Crippen LogP contribution in [0.2, 0.25) is 0 Å². The molecule has 0 unspecified atom stereocenters. The van der Waals surface area contributed by atoms with Crippen molar-refractivity contribution in [2.45, 2.75) is 32.0 Å². The standard InChI is InChI=1S/C22H18F3N3O3S/c1-11-6-7-12(19(29)26-13-8-9-13)10-16(11)27-21-28-17(18(32-21)20(30)31)14-4-2-3-5-15(14)22(23,24)25/h2-7,10,13H,8-9H2,1H3,(H,26,29)(H,27,28)(H,30,31). The normalized spacial score (nSPS) is 13.6. The van der Waals surface area contributed by atoms with Gasteiger partial charge in [0.1, 0.15) is 4.88 Å². The molecule has 1 fully saturated rings. The van der Waals surface area contributed by atoms with Gasteiger partial charge >= 0.3 is 12.1 Å². The Bertz CT molecular complexity index is 1200. The van der Waals surface area contributed by atoms with Crippen LogP contribution in [-0.2, 0) is 6.18 Å². The third-order valence-corrected chi connectivity index (χ3v) is 5.92. The molecule has 6 nitrogen and oxygen atoms in total. The number of carbonyl (C=O) groups is 2. The smallest absolute Gasteiger partial charge is 0.417 e. The van der Waals surface area contributed by atoms with Crippen LogP contribution in [-0.4, -0.2) is 28.0 Å². The fourth-order valence-corrected chi connectivity index (χ4v) is 3.98. The number of aryl methyl sites for hydroxylation is 1. The van der Waals surface area contributed by atoms with E-state index in [0.29, 0.717) is 11.3 Å². The predicted octanol–water partition coefficient (Wildman–Crippen LogP) is 5.47. The molecule has 0 spiro atoms. The van der Waals surface area contributed by atoms with Gasteiger partial charge in [0, 0.05) is 22.9 Å². The van der Waals surface area contributed by atoms with Gasteiger partial charge in [0.25, 0.3) is 5.91 Å². The number of aromatic carboxylic acids is 1. The Kier molecular flexibility index (Phi) is 5.64. The average molecular weight is 461 g/mol. The lowest BCUT2D eigenvalue weighted by molar-refractivity contribution is -0.137. The highest BCUT2D eigenvalue weighted by Crippen LogP contribution is 2.40. The lowest BCUT2D eigenvalue weighted by Gasteiger charge is -2.11. The first-order valence-corrected chi connectivity index (χ1v) is 10.5. The van der Waals surface area contributed by atoms with Crippen molar-refractivity contribution >= 4 is 34.0 Å². The second-order valence-electron chi connectivity index (χ2n) is 7.45. The van der Waals surface area contributed by atoms with Crippen LogP contribution in [0.3, 0.4) is 0 Å². The highest BCUT2D eigenvalue weighted by Gasteiger charge is 2.35. The molecule has 3 N–H and O–H groups in total. The van der Waals surface area contributed by atoms with Crippen LogP contribution in [0.1, 0.15) is 44.0 Å². The molecule has 1 aliphatic carbocycles. The third-order valence-electron chi connectivity index (χ3n) is 4.96. The summed E-state index contributed by atoms with van der Waals surface area (Å²) in [4.78, 5) is 27.9. The van der Waals surface area contributed by atoms with E-state index in [9.17, 15) is 27.9 Å². The molecule has 1 saturated carbocycles. The Labute approximate surface area is 185 Å². The number of hydrogen-bond acceptors (Lipinski definition) is 5. The van der Waals surface area contributed by atoms with Crippen molar-refractivity contribution in [3.05, 3.63) is 64.0 Å². The fourth-order valence-electron chi connectivity index (χ4n) is 3.15. The molecule has 0 bridgehead atoms.